The third-order valence-corrected chi connectivity index (χ3v) is 5.18. The number of aromatic nitrogens is 2. The minimum atomic E-state index is -0.695. The third kappa shape index (κ3) is 5.86. The molecule has 2 atom stereocenters. The molecule has 0 bridgehead atoms. The lowest BCUT2D eigenvalue weighted by Gasteiger charge is -2.21. The summed E-state index contributed by atoms with van der Waals surface area (Å²) < 4.78 is 20.9. The molecule has 1 amide bonds. The van der Waals surface area contributed by atoms with Crippen molar-refractivity contribution in [1.29, 1.82) is 0 Å². The van der Waals surface area contributed by atoms with Crippen LogP contribution in [0.15, 0.2) is 27.8 Å². The number of nitrogens with one attached hydrogen (secondary N) is 1. The number of thioether (sulfide) groups is 1. The molecule has 1 aromatic heterocycles. The Bertz CT molecular complexity index is 841. The van der Waals surface area contributed by atoms with Gasteiger partial charge in [-0.3, -0.25) is 4.79 Å². The van der Waals surface area contributed by atoms with E-state index in [1.807, 2.05) is 13.8 Å². The van der Waals surface area contributed by atoms with Crippen molar-refractivity contribution in [3.05, 3.63) is 18.2 Å². The number of hydrogen-bond acceptors (Lipinski definition) is 9. The van der Waals surface area contributed by atoms with Crippen LogP contribution in [0.4, 0.5) is 0 Å². The molecule has 29 heavy (non-hydrogen) atoms. The van der Waals surface area contributed by atoms with Gasteiger partial charge in [0.25, 0.3) is 11.1 Å². The molecule has 1 N–H and O–H groups in total. The SMILES string of the molecule is CC[C@@H](C)[C@@H](NC(=O)CSc1nnc(-c2ccc(OC)cc2OC)o1)C(=O)OC. The highest BCUT2D eigenvalue weighted by molar-refractivity contribution is 7.99. The van der Waals surface area contributed by atoms with Gasteiger partial charge in [0, 0.05) is 6.07 Å². The molecule has 0 aliphatic heterocycles. The number of ether oxygens (including phenoxy) is 3. The molecule has 0 saturated carbocycles. The van der Waals surface area contributed by atoms with Gasteiger partial charge in [0.1, 0.15) is 17.5 Å². The van der Waals surface area contributed by atoms with Gasteiger partial charge in [-0.2, -0.15) is 0 Å². The van der Waals surface area contributed by atoms with Crippen LogP contribution in [0.5, 0.6) is 11.5 Å². The summed E-state index contributed by atoms with van der Waals surface area (Å²) in [6.07, 6.45) is 0.726. The average Bonchev–Trinajstić information content (AvgIpc) is 3.23. The smallest absolute Gasteiger partial charge is 0.328 e. The zero-order valence-electron chi connectivity index (χ0n) is 17.1. The van der Waals surface area contributed by atoms with Crippen molar-refractivity contribution < 1.29 is 28.2 Å². The van der Waals surface area contributed by atoms with E-state index in [2.05, 4.69) is 15.5 Å². The Kier molecular flexibility index (Phi) is 8.32. The van der Waals surface area contributed by atoms with Crippen LogP contribution < -0.4 is 14.8 Å². The standard InChI is InChI=1S/C19H25N3O6S/c1-6-11(2)16(18(24)27-5)20-15(23)10-29-19-22-21-17(28-19)13-8-7-12(25-3)9-14(13)26-4/h7-9,11,16H,6,10H2,1-5H3,(H,20,23)/t11-,16-/m1/s1. The molecule has 0 fully saturated rings. The van der Waals surface area contributed by atoms with Crippen LogP contribution in [-0.4, -0.2) is 55.2 Å². The number of esters is 1. The van der Waals surface area contributed by atoms with Gasteiger partial charge in [0.2, 0.25) is 5.91 Å². The highest BCUT2D eigenvalue weighted by atomic mass is 32.2. The van der Waals surface area contributed by atoms with Gasteiger partial charge < -0.3 is 23.9 Å². The van der Waals surface area contributed by atoms with Crippen LogP contribution in [0.3, 0.4) is 0 Å². The van der Waals surface area contributed by atoms with E-state index in [0.717, 1.165) is 18.2 Å². The Morgan fingerprint density at radius 1 is 1.21 bits per heavy atom. The summed E-state index contributed by atoms with van der Waals surface area (Å²) in [6, 6.07) is 4.52. The molecule has 0 spiro atoms. The fourth-order valence-electron chi connectivity index (χ4n) is 2.49. The minimum absolute atomic E-state index is 0.0192. The molecule has 0 unspecified atom stereocenters. The van der Waals surface area contributed by atoms with Gasteiger partial charge in [0.15, 0.2) is 0 Å². The first kappa shape index (κ1) is 22.5. The molecular weight excluding hydrogens is 398 g/mol. The number of methoxy groups -OCH3 is 3. The van der Waals surface area contributed by atoms with E-state index in [4.69, 9.17) is 18.6 Å². The van der Waals surface area contributed by atoms with Crippen molar-refractivity contribution in [3.8, 4) is 23.0 Å². The van der Waals surface area contributed by atoms with E-state index in [-0.39, 0.29) is 28.7 Å². The maximum absolute atomic E-state index is 12.3. The first-order valence-electron chi connectivity index (χ1n) is 8.99. The highest BCUT2D eigenvalue weighted by Crippen LogP contribution is 2.33. The molecule has 1 aromatic carbocycles. The second kappa shape index (κ2) is 10.7. The molecule has 0 aliphatic rings. The minimum Gasteiger partial charge on any atom is -0.497 e. The van der Waals surface area contributed by atoms with Crippen LogP contribution in [-0.2, 0) is 14.3 Å². The van der Waals surface area contributed by atoms with Gasteiger partial charge >= 0.3 is 5.97 Å². The number of nitrogens with zero attached hydrogens (tertiary/aromatic N) is 2. The molecular formula is C19H25N3O6S. The Labute approximate surface area is 173 Å². The molecule has 0 saturated heterocycles. The zero-order valence-corrected chi connectivity index (χ0v) is 17.9. The topological polar surface area (TPSA) is 113 Å². The van der Waals surface area contributed by atoms with Crippen molar-refractivity contribution in [2.24, 2.45) is 5.92 Å². The monoisotopic (exact) mass is 423 g/mol. The number of benzene rings is 1. The predicted molar refractivity (Wildman–Crippen MR) is 107 cm³/mol. The van der Waals surface area contributed by atoms with E-state index >= 15 is 0 Å². The summed E-state index contributed by atoms with van der Waals surface area (Å²) >= 11 is 1.08. The first-order chi connectivity index (χ1) is 13.9. The fraction of sp³-hybridized carbons (Fsp3) is 0.474. The number of hydrogen-bond donors (Lipinski definition) is 1. The molecule has 10 heteroatoms. The Hall–Kier alpha value is -2.75. The Morgan fingerprint density at radius 3 is 2.59 bits per heavy atom. The molecule has 0 aliphatic carbocycles. The van der Waals surface area contributed by atoms with E-state index in [9.17, 15) is 9.59 Å². The third-order valence-electron chi connectivity index (χ3n) is 4.36. The van der Waals surface area contributed by atoms with Crippen LogP contribution in [0.1, 0.15) is 20.3 Å². The van der Waals surface area contributed by atoms with Gasteiger partial charge in [0.05, 0.1) is 32.6 Å². The average molecular weight is 423 g/mol. The van der Waals surface area contributed by atoms with Crippen LogP contribution in [0.25, 0.3) is 11.5 Å². The van der Waals surface area contributed by atoms with E-state index in [0.29, 0.717) is 17.1 Å². The lowest BCUT2D eigenvalue weighted by molar-refractivity contribution is -0.146. The molecule has 0 radical (unpaired) electrons. The summed E-state index contributed by atoms with van der Waals surface area (Å²) in [7, 11) is 4.39. The van der Waals surface area contributed by atoms with Crippen molar-refractivity contribution in [1.82, 2.24) is 15.5 Å². The van der Waals surface area contributed by atoms with E-state index < -0.39 is 12.0 Å². The molecule has 2 aromatic rings. The normalized spacial score (nSPS) is 12.7. The summed E-state index contributed by atoms with van der Waals surface area (Å²) in [5, 5.41) is 10.9. The second-order valence-electron chi connectivity index (χ2n) is 6.18. The van der Waals surface area contributed by atoms with E-state index in [1.54, 1.807) is 25.3 Å². The zero-order chi connectivity index (χ0) is 21.4. The van der Waals surface area contributed by atoms with Gasteiger partial charge in [-0.15, -0.1) is 10.2 Å². The number of amides is 1. The van der Waals surface area contributed by atoms with Crippen molar-refractivity contribution in [3.63, 3.8) is 0 Å². The maximum Gasteiger partial charge on any atom is 0.328 e. The molecule has 9 nitrogen and oxygen atoms in total. The highest BCUT2D eigenvalue weighted by Gasteiger charge is 2.26. The van der Waals surface area contributed by atoms with E-state index in [1.165, 1.54) is 14.2 Å². The summed E-state index contributed by atoms with van der Waals surface area (Å²) in [6.45, 7) is 3.82. The van der Waals surface area contributed by atoms with Crippen molar-refractivity contribution in [2.75, 3.05) is 27.1 Å². The number of carbonyl (C=O) groups excluding carboxylic acids is 2. The Balaban J connectivity index is 2.02. The van der Waals surface area contributed by atoms with Gasteiger partial charge in [-0.05, 0) is 18.1 Å². The lowest BCUT2D eigenvalue weighted by atomic mass is 9.99. The number of rotatable bonds is 10. The van der Waals surface area contributed by atoms with Crippen LogP contribution in [0.2, 0.25) is 0 Å². The second-order valence-corrected chi connectivity index (χ2v) is 7.11. The lowest BCUT2D eigenvalue weighted by Crippen LogP contribution is -2.46. The summed E-state index contributed by atoms with van der Waals surface area (Å²) in [5.41, 5.74) is 0.611. The van der Waals surface area contributed by atoms with Crippen LogP contribution in [0, 0.1) is 5.92 Å². The largest absolute Gasteiger partial charge is 0.497 e. The predicted octanol–water partition coefficient (Wildman–Crippen LogP) is 2.55. The quantitative estimate of drug-likeness (QED) is 0.455. The summed E-state index contributed by atoms with van der Waals surface area (Å²) in [5.74, 6) is 0.602. The summed E-state index contributed by atoms with van der Waals surface area (Å²) in [4.78, 5) is 24.1. The van der Waals surface area contributed by atoms with Crippen LogP contribution >= 0.6 is 11.8 Å². The van der Waals surface area contributed by atoms with Gasteiger partial charge in [-0.1, -0.05) is 32.0 Å². The Morgan fingerprint density at radius 2 is 1.97 bits per heavy atom. The maximum atomic E-state index is 12.3. The first-order valence-corrected chi connectivity index (χ1v) is 9.97. The van der Waals surface area contributed by atoms with Crippen molar-refractivity contribution in [2.45, 2.75) is 31.5 Å². The number of carbonyl (C=O) groups is 2. The molecule has 1 heterocycles. The van der Waals surface area contributed by atoms with Gasteiger partial charge in [-0.25, -0.2) is 4.79 Å². The fourth-order valence-corrected chi connectivity index (χ4v) is 3.07. The molecule has 2 rings (SSSR count). The molecule has 158 valence electrons. The van der Waals surface area contributed by atoms with Crippen molar-refractivity contribution >= 4 is 23.6 Å².